The predicted octanol–water partition coefficient (Wildman–Crippen LogP) is 3.09. The monoisotopic (exact) mass is 356 g/mol. The van der Waals surface area contributed by atoms with Crippen molar-refractivity contribution < 1.29 is 9.53 Å². The van der Waals surface area contributed by atoms with Crippen LogP contribution in [0.25, 0.3) is 5.65 Å². The Bertz CT molecular complexity index is 813. The summed E-state index contributed by atoms with van der Waals surface area (Å²) in [5.41, 5.74) is 4.45. The smallest absolute Gasteiger partial charge is 0.410 e. The van der Waals surface area contributed by atoms with Crippen molar-refractivity contribution in [1.29, 1.82) is 0 Å². The molecule has 4 heterocycles. The van der Waals surface area contributed by atoms with Crippen molar-refractivity contribution in [2.75, 3.05) is 19.6 Å². The molecule has 2 aliphatic heterocycles. The number of hydrogen-bond acceptors (Lipinski definition) is 4. The summed E-state index contributed by atoms with van der Waals surface area (Å²) in [6, 6.07) is 4.45. The van der Waals surface area contributed by atoms with Crippen molar-refractivity contribution in [1.82, 2.24) is 19.6 Å². The molecular formula is C20H28N4O2. The molecule has 4 rings (SSSR count). The van der Waals surface area contributed by atoms with Crippen LogP contribution in [0.5, 0.6) is 0 Å². The van der Waals surface area contributed by atoms with Gasteiger partial charge in [0.2, 0.25) is 0 Å². The van der Waals surface area contributed by atoms with E-state index in [9.17, 15) is 4.79 Å². The number of carbonyl (C=O) groups excluding carboxylic acids is 1. The summed E-state index contributed by atoms with van der Waals surface area (Å²) in [4.78, 5) is 18.9. The Hall–Kier alpha value is -2.08. The Morgan fingerprint density at radius 3 is 2.81 bits per heavy atom. The number of amides is 1. The molecule has 1 N–H and O–H groups in total. The maximum absolute atomic E-state index is 12.2. The van der Waals surface area contributed by atoms with Gasteiger partial charge in [-0.1, -0.05) is 0 Å². The molecule has 2 aromatic rings. The first-order valence-electron chi connectivity index (χ1n) is 9.59. The van der Waals surface area contributed by atoms with Crippen molar-refractivity contribution in [2.45, 2.75) is 58.1 Å². The van der Waals surface area contributed by atoms with Crippen LogP contribution in [0.15, 0.2) is 18.3 Å². The van der Waals surface area contributed by atoms with Gasteiger partial charge in [0, 0.05) is 38.8 Å². The molecule has 6 heteroatoms. The minimum absolute atomic E-state index is 0.195. The zero-order chi connectivity index (χ0) is 18.3. The molecule has 0 radical (unpaired) electrons. The SMILES string of the molecule is CC(C)(C)OC(=O)N1CCC(c2ccn3c4c(nc3c2)CCNC4)CC1. The van der Waals surface area contributed by atoms with E-state index in [1.165, 1.54) is 17.0 Å². The Morgan fingerprint density at radius 1 is 1.31 bits per heavy atom. The Labute approximate surface area is 154 Å². The Kier molecular flexibility index (Phi) is 4.39. The third kappa shape index (κ3) is 3.43. The molecule has 26 heavy (non-hydrogen) atoms. The number of hydrogen-bond donors (Lipinski definition) is 1. The van der Waals surface area contributed by atoms with Gasteiger partial charge >= 0.3 is 6.09 Å². The van der Waals surface area contributed by atoms with Crippen molar-refractivity contribution >= 4 is 11.7 Å². The molecular weight excluding hydrogens is 328 g/mol. The largest absolute Gasteiger partial charge is 0.444 e. The normalized spacial score (nSPS) is 18.8. The standard InChI is InChI=1S/C20H28N4O2/c1-20(2,3)26-19(25)23-9-5-14(6-10-23)15-7-11-24-17-13-21-8-4-16(17)22-18(24)12-15/h7,11-12,14,21H,4-6,8-10,13H2,1-3H3. The van der Waals surface area contributed by atoms with Gasteiger partial charge in [-0.15, -0.1) is 0 Å². The molecule has 0 aromatic carbocycles. The van der Waals surface area contributed by atoms with Crippen LogP contribution in [0.1, 0.15) is 56.5 Å². The summed E-state index contributed by atoms with van der Waals surface area (Å²) in [5.74, 6) is 0.477. The van der Waals surface area contributed by atoms with E-state index >= 15 is 0 Å². The summed E-state index contributed by atoms with van der Waals surface area (Å²) in [7, 11) is 0. The maximum atomic E-state index is 12.2. The van der Waals surface area contributed by atoms with Gasteiger partial charge in [0.05, 0.1) is 11.4 Å². The van der Waals surface area contributed by atoms with E-state index in [1.807, 2.05) is 25.7 Å². The number of rotatable bonds is 1. The van der Waals surface area contributed by atoms with Crippen molar-refractivity contribution in [3.05, 3.63) is 35.3 Å². The summed E-state index contributed by atoms with van der Waals surface area (Å²) in [5, 5.41) is 3.42. The lowest BCUT2D eigenvalue weighted by Gasteiger charge is -2.33. The highest BCUT2D eigenvalue weighted by molar-refractivity contribution is 5.68. The lowest BCUT2D eigenvalue weighted by Crippen LogP contribution is -2.41. The van der Waals surface area contributed by atoms with Gasteiger partial charge in [-0.05, 0) is 57.2 Å². The molecule has 0 bridgehead atoms. The molecule has 0 saturated carbocycles. The highest BCUT2D eigenvalue weighted by Crippen LogP contribution is 2.30. The minimum atomic E-state index is -0.437. The van der Waals surface area contributed by atoms with Crippen molar-refractivity contribution in [2.24, 2.45) is 0 Å². The average Bonchev–Trinajstić information content (AvgIpc) is 2.98. The number of nitrogens with one attached hydrogen (secondary N) is 1. The van der Waals surface area contributed by atoms with Gasteiger partial charge in [0.15, 0.2) is 0 Å². The zero-order valence-electron chi connectivity index (χ0n) is 15.9. The van der Waals surface area contributed by atoms with E-state index in [-0.39, 0.29) is 6.09 Å². The first-order valence-corrected chi connectivity index (χ1v) is 9.59. The fourth-order valence-corrected chi connectivity index (χ4v) is 3.94. The van der Waals surface area contributed by atoms with Crippen molar-refractivity contribution in [3.63, 3.8) is 0 Å². The maximum Gasteiger partial charge on any atom is 0.410 e. The van der Waals surface area contributed by atoms with E-state index in [1.54, 1.807) is 0 Å². The van der Waals surface area contributed by atoms with Crippen LogP contribution in [-0.4, -0.2) is 45.6 Å². The van der Waals surface area contributed by atoms with Crippen LogP contribution >= 0.6 is 0 Å². The number of imidazole rings is 1. The number of ether oxygens (including phenoxy) is 1. The second-order valence-corrected chi connectivity index (χ2v) is 8.36. The second kappa shape index (κ2) is 6.58. The van der Waals surface area contributed by atoms with Crippen LogP contribution in [0.2, 0.25) is 0 Å². The topological polar surface area (TPSA) is 58.9 Å². The molecule has 1 amide bonds. The number of likely N-dealkylation sites (tertiary alicyclic amines) is 1. The third-order valence-electron chi connectivity index (χ3n) is 5.28. The summed E-state index contributed by atoms with van der Waals surface area (Å²) < 4.78 is 7.70. The molecule has 0 spiro atoms. The second-order valence-electron chi connectivity index (χ2n) is 8.36. The van der Waals surface area contributed by atoms with Crippen LogP contribution < -0.4 is 5.32 Å². The number of piperidine rings is 1. The van der Waals surface area contributed by atoms with E-state index < -0.39 is 5.60 Å². The number of carbonyl (C=O) groups is 1. The van der Waals surface area contributed by atoms with Crippen LogP contribution in [-0.2, 0) is 17.7 Å². The molecule has 2 aromatic heterocycles. The molecule has 140 valence electrons. The van der Waals surface area contributed by atoms with E-state index in [0.717, 1.165) is 51.1 Å². The molecule has 0 aliphatic carbocycles. The average molecular weight is 356 g/mol. The lowest BCUT2D eigenvalue weighted by atomic mass is 9.90. The lowest BCUT2D eigenvalue weighted by molar-refractivity contribution is 0.0205. The van der Waals surface area contributed by atoms with Gasteiger partial charge in [0.1, 0.15) is 11.2 Å². The van der Waals surface area contributed by atoms with Gasteiger partial charge in [-0.3, -0.25) is 0 Å². The molecule has 6 nitrogen and oxygen atoms in total. The van der Waals surface area contributed by atoms with Crippen LogP contribution in [0, 0.1) is 0 Å². The Balaban J connectivity index is 1.45. The van der Waals surface area contributed by atoms with E-state index in [0.29, 0.717) is 5.92 Å². The summed E-state index contributed by atoms with van der Waals surface area (Å²) in [6.45, 7) is 9.13. The molecule has 0 atom stereocenters. The van der Waals surface area contributed by atoms with Gasteiger partial charge in [0.25, 0.3) is 0 Å². The molecule has 1 fully saturated rings. The number of nitrogens with zero attached hydrogens (tertiary/aromatic N) is 3. The number of pyridine rings is 1. The summed E-state index contributed by atoms with van der Waals surface area (Å²) in [6.07, 6.45) is 4.90. The van der Waals surface area contributed by atoms with E-state index in [2.05, 4.69) is 28.0 Å². The first-order chi connectivity index (χ1) is 12.4. The number of aromatic nitrogens is 2. The molecule has 1 saturated heterocycles. The number of fused-ring (bicyclic) bond motifs is 3. The van der Waals surface area contributed by atoms with Crippen LogP contribution in [0.4, 0.5) is 4.79 Å². The highest BCUT2D eigenvalue weighted by atomic mass is 16.6. The minimum Gasteiger partial charge on any atom is -0.444 e. The highest BCUT2D eigenvalue weighted by Gasteiger charge is 2.28. The third-order valence-corrected chi connectivity index (χ3v) is 5.28. The van der Waals surface area contributed by atoms with Gasteiger partial charge < -0.3 is 19.4 Å². The fourth-order valence-electron chi connectivity index (χ4n) is 3.94. The van der Waals surface area contributed by atoms with Crippen LogP contribution in [0.3, 0.4) is 0 Å². The quantitative estimate of drug-likeness (QED) is 0.853. The Morgan fingerprint density at radius 2 is 2.08 bits per heavy atom. The fraction of sp³-hybridized carbons (Fsp3) is 0.600. The molecule has 2 aliphatic rings. The van der Waals surface area contributed by atoms with Crippen molar-refractivity contribution in [3.8, 4) is 0 Å². The predicted molar refractivity (Wildman–Crippen MR) is 100 cm³/mol. The zero-order valence-corrected chi connectivity index (χ0v) is 15.9. The van der Waals surface area contributed by atoms with Gasteiger partial charge in [-0.25, -0.2) is 9.78 Å². The summed E-state index contributed by atoms with van der Waals surface area (Å²) >= 11 is 0. The van der Waals surface area contributed by atoms with E-state index in [4.69, 9.17) is 9.72 Å². The molecule has 0 unspecified atom stereocenters. The first kappa shape index (κ1) is 17.3. The van der Waals surface area contributed by atoms with Gasteiger partial charge in [-0.2, -0.15) is 0 Å².